The Labute approximate surface area is 246 Å². The number of aromatic nitrogens is 2. The summed E-state index contributed by atoms with van der Waals surface area (Å²) < 4.78 is 26.1. The van der Waals surface area contributed by atoms with E-state index in [1.54, 1.807) is 18.3 Å². The minimum absolute atomic E-state index is 0.0408. The second-order valence-electron chi connectivity index (χ2n) is 12.0. The molecule has 1 saturated heterocycles. The smallest absolute Gasteiger partial charge is 0.407 e. The Bertz CT molecular complexity index is 1190. The van der Waals surface area contributed by atoms with Gasteiger partial charge in [-0.25, -0.2) is 13.9 Å². The highest BCUT2D eigenvalue weighted by molar-refractivity contribution is 6.32. The van der Waals surface area contributed by atoms with Gasteiger partial charge in [0, 0.05) is 38.0 Å². The molecule has 41 heavy (non-hydrogen) atoms. The van der Waals surface area contributed by atoms with E-state index in [4.69, 9.17) is 21.1 Å². The van der Waals surface area contributed by atoms with Crippen molar-refractivity contribution in [1.82, 2.24) is 15.1 Å². The molecule has 2 aromatic rings. The molecule has 0 unspecified atom stereocenters. The highest BCUT2D eigenvalue weighted by atomic mass is 35.5. The Morgan fingerprint density at radius 2 is 1.93 bits per heavy atom. The zero-order valence-electron chi connectivity index (χ0n) is 24.3. The third kappa shape index (κ3) is 9.07. The summed E-state index contributed by atoms with van der Waals surface area (Å²) >= 11 is 6.49. The maximum Gasteiger partial charge on any atom is 0.407 e. The van der Waals surface area contributed by atoms with Crippen LogP contribution in [-0.2, 0) is 9.47 Å². The summed E-state index contributed by atoms with van der Waals surface area (Å²) in [6.45, 7) is 8.86. The van der Waals surface area contributed by atoms with E-state index in [9.17, 15) is 14.0 Å². The minimum atomic E-state index is -0.550. The molecule has 2 aliphatic rings. The molecule has 1 aromatic carbocycles. The summed E-state index contributed by atoms with van der Waals surface area (Å²) in [5.74, 6) is 0.117. The topological polar surface area (TPSA) is 97.7 Å². The van der Waals surface area contributed by atoms with Crippen molar-refractivity contribution in [3.63, 3.8) is 0 Å². The number of anilines is 2. The number of alkyl carbamates (subject to hydrolysis) is 1. The number of amides is 1. The second-order valence-corrected chi connectivity index (χ2v) is 12.4. The number of carbonyl (C=O) groups excluding carboxylic acids is 1. The van der Waals surface area contributed by atoms with Crippen LogP contribution in [0.4, 0.5) is 20.6 Å². The molecule has 11 heteroatoms. The van der Waals surface area contributed by atoms with Gasteiger partial charge in [-0.3, -0.25) is 4.79 Å². The Balaban J connectivity index is 1.35. The molecule has 1 atom stereocenters. The highest BCUT2D eigenvalue weighted by Crippen LogP contribution is 2.33. The fourth-order valence-electron chi connectivity index (χ4n) is 5.57. The zero-order chi connectivity index (χ0) is 29.4. The lowest BCUT2D eigenvalue weighted by atomic mass is 9.89. The maximum atomic E-state index is 13.7. The van der Waals surface area contributed by atoms with Crippen LogP contribution in [0.2, 0.25) is 5.02 Å². The van der Waals surface area contributed by atoms with E-state index in [0.29, 0.717) is 44.3 Å². The van der Waals surface area contributed by atoms with E-state index in [0.717, 1.165) is 50.8 Å². The van der Waals surface area contributed by atoms with Gasteiger partial charge in [0.1, 0.15) is 16.4 Å². The van der Waals surface area contributed by atoms with Gasteiger partial charge in [-0.15, -0.1) is 0 Å². The van der Waals surface area contributed by atoms with E-state index in [1.807, 2.05) is 20.8 Å². The number of ether oxygens (including phenoxy) is 2. The van der Waals surface area contributed by atoms with Crippen LogP contribution < -0.4 is 21.1 Å². The van der Waals surface area contributed by atoms with Crippen LogP contribution in [-0.4, -0.2) is 60.4 Å². The average molecular weight is 592 g/mol. The number of rotatable bonds is 10. The molecule has 1 amide bonds. The third-order valence-electron chi connectivity index (χ3n) is 7.63. The molecule has 1 aliphatic carbocycles. The fraction of sp³-hybridized carbons (Fsp3) is 0.633. The van der Waals surface area contributed by atoms with Gasteiger partial charge in [0.15, 0.2) is 0 Å². The molecule has 2 N–H and O–H groups in total. The van der Waals surface area contributed by atoms with Crippen molar-refractivity contribution < 1.29 is 18.7 Å². The molecule has 0 bridgehead atoms. The quantitative estimate of drug-likeness (QED) is 0.338. The first-order valence-corrected chi connectivity index (χ1v) is 15.1. The van der Waals surface area contributed by atoms with Crippen LogP contribution in [0.1, 0.15) is 71.8 Å². The standard InChI is InChI=1S/C30H43ClFN5O4/c1-30(2,3)41-29(39)33-15-5-16-36(23-9-7-22(32)8-10-23)24-11-13-25(14-12-24)37-28(38)27(31)26(19-35-37)34-18-21-6-4-17-40-20-21/h7-10,19,21,24-25,34H,4-6,11-18,20H2,1-3H3,(H,33,39)/t21-,24?,25?/m0/s1. The highest BCUT2D eigenvalue weighted by Gasteiger charge is 2.29. The first-order chi connectivity index (χ1) is 19.6. The number of hydrogen-bond donors (Lipinski definition) is 2. The number of nitrogens with one attached hydrogen (secondary N) is 2. The Morgan fingerprint density at radius 1 is 1.20 bits per heavy atom. The SMILES string of the molecule is CC(C)(C)OC(=O)NCCCN(c1ccc(F)cc1)C1CCC(n2ncc(NC[C@@H]3CCCOC3)c(Cl)c2=O)CC1. The normalized spacial score (nSPS) is 21.2. The van der Waals surface area contributed by atoms with Gasteiger partial charge in [-0.05, 0) is 95.9 Å². The van der Waals surface area contributed by atoms with Crippen molar-refractivity contribution in [2.45, 2.75) is 83.4 Å². The van der Waals surface area contributed by atoms with Crippen molar-refractivity contribution >= 4 is 29.1 Å². The minimum Gasteiger partial charge on any atom is -0.444 e. The Kier molecular flexibility index (Phi) is 10.9. The van der Waals surface area contributed by atoms with E-state index < -0.39 is 11.7 Å². The Morgan fingerprint density at radius 3 is 2.59 bits per heavy atom. The van der Waals surface area contributed by atoms with Gasteiger partial charge >= 0.3 is 6.09 Å². The molecule has 2 fully saturated rings. The molecule has 0 spiro atoms. The predicted octanol–water partition coefficient (Wildman–Crippen LogP) is 5.78. The molecule has 9 nitrogen and oxygen atoms in total. The van der Waals surface area contributed by atoms with Crippen molar-refractivity contribution in [3.8, 4) is 0 Å². The van der Waals surface area contributed by atoms with Gasteiger partial charge in [0.25, 0.3) is 5.56 Å². The zero-order valence-corrected chi connectivity index (χ0v) is 25.1. The van der Waals surface area contributed by atoms with Crippen molar-refractivity contribution in [1.29, 1.82) is 0 Å². The predicted molar refractivity (Wildman–Crippen MR) is 159 cm³/mol. The van der Waals surface area contributed by atoms with Crippen LogP contribution >= 0.6 is 11.6 Å². The molecule has 226 valence electrons. The first-order valence-electron chi connectivity index (χ1n) is 14.7. The number of benzene rings is 1. The molecule has 4 rings (SSSR count). The van der Waals surface area contributed by atoms with E-state index in [2.05, 4.69) is 20.6 Å². The summed E-state index contributed by atoms with van der Waals surface area (Å²) in [6, 6.07) is 6.69. The first kappa shape index (κ1) is 31.1. The van der Waals surface area contributed by atoms with Crippen LogP contribution in [0.3, 0.4) is 0 Å². The molecule has 1 aromatic heterocycles. The van der Waals surface area contributed by atoms with Gasteiger partial charge in [0.2, 0.25) is 0 Å². The third-order valence-corrected chi connectivity index (χ3v) is 8.00. The van der Waals surface area contributed by atoms with Crippen molar-refractivity contribution in [2.24, 2.45) is 5.92 Å². The van der Waals surface area contributed by atoms with Crippen LogP contribution in [0.25, 0.3) is 0 Å². The van der Waals surface area contributed by atoms with E-state index in [-0.39, 0.29) is 28.5 Å². The molecule has 1 aliphatic heterocycles. The van der Waals surface area contributed by atoms with Gasteiger partial charge in [0.05, 0.1) is 24.5 Å². The number of halogens is 2. The molecule has 1 saturated carbocycles. The lowest BCUT2D eigenvalue weighted by Gasteiger charge is -2.38. The number of carbonyl (C=O) groups is 1. The fourth-order valence-corrected chi connectivity index (χ4v) is 5.78. The summed E-state index contributed by atoms with van der Waals surface area (Å²) in [5.41, 5.74) is 0.674. The number of hydrogen-bond acceptors (Lipinski definition) is 7. The van der Waals surface area contributed by atoms with E-state index in [1.165, 1.54) is 16.8 Å². The van der Waals surface area contributed by atoms with Crippen LogP contribution in [0.15, 0.2) is 35.3 Å². The van der Waals surface area contributed by atoms with Gasteiger partial charge in [-0.2, -0.15) is 5.10 Å². The van der Waals surface area contributed by atoms with Gasteiger partial charge < -0.3 is 25.0 Å². The molecular weight excluding hydrogens is 549 g/mol. The van der Waals surface area contributed by atoms with Crippen LogP contribution in [0, 0.1) is 11.7 Å². The maximum absolute atomic E-state index is 13.7. The lowest BCUT2D eigenvalue weighted by Crippen LogP contribution is -2.42. The summed E-state index contributed by atoms with van der Waals surface area (Å²) in [6.07, 6.45) is 7.28. The average Bonchev–Trinajstić information content (AvgIpc) is 2.94. The molecule has 0 radical (unpaired) electrons. The lowest BCUT2D eigenvalue weighted by molar-refractivity contribution is 0.0527. The van der Waals surface area contributed by atoms with Gasteiger partial charge in [-0.1, -0.05) is 11.6 Å². The number of nitrogens with zero attached hydrogens (tertiary/aromatic N) is 3. The second kappa shape index (κ2) is 14.4. The molecule has 2 heterocycles. The van der Waals surface area contributed by atoms with E-state index >= 15 is 0 Å². The van der Waals surface area contributed by atoms with Crippen molar-refractivity contribution in [3.05, 3.63) is 51.7 Å². The largest absolute Gasteiger partial charge is 0.444 e. The molecular formula is C30H43ClFN5O4. The van der Waals surface area contributed by atoms with Crippen molar-refractivity contribution in [2.75, 3.05) is 43.1 Å². The Hall–Kier alpha value is -2.85. The monoisotopic (exact) mass is 591 g/mol. The summed E-state index contributed by atoms with van der Waals surface area (Å²) in [5, 5.41) is 10.8. The van der Waals surface area contributed by atoms with Crippen LogP contribution in [0.5, 0.6) is 0 Å². The summed E-state index contributed by atoms with van der Waals surface area (Å²) in [7, 11) is 0. The summed E-state index contributed by atoms with van der Waals surface area (Å²) in [4.78, 5) is 27.4.